The standard InChI is InChI=1S/C25H30Cl2N2O2S/c1-2-23(25(31)28-21-11-4-5-12-21)29(15-19-9-3-6-13-22(19)27)24(30)17-32-16-18-8-7-10-20(26)14-18/h3,6-10,13-14,21,23H,2,4-5,11-12,15-17H2,1H3,(H,28,31). The van der Waals surface area contributed by atoms with Crippen LogP contribution in [0.2, 0.25) is 10.0 Å². The third kappa shape index (κ3) is 7.16. The van der Waals surface area contributed by atoms with E-state index in [4.69, 9.17) is 23.2 Å². The smallest absolute Gasteiger partial charge is 0.243 e. The predicted molar refractivity (Wildman–Crippen MR) is 134 cm³/mol. The molecule has 0 aromatic heterocycles. The van der Waals surface area contributed by atoms with Crippen LogP contribution in [-0.2, 0) is 21.9 Å². The van der Waals surface area contributed by atoms with Crippen LogP contribution in [0.3, 0.4) is 0 Å². The summed E-state index contributed by atoms with van der Waals surface area (Å²) in [4.78, 5) is 28.1. The molecule has 172 valence electrons. The molecule has 0 spiro atoms. The molecular formula is C25H30Cl2N2O2S. The normalized spacial score (nSPS) is 14.8. The van der Waals surface area contributed by atoms with Crippen molar-refractivity contribution in [2.24, 2.45) is 0 Å². The molecule has 4 nitrogen and oxygen atoms in total. The molecule has 0 bridgehead atoms. The summed E-state index contributed by atoms with van der Waals surface area (Å²) < 4.78 is 0. The lowest BCUT2D eigenvalue weighted by Gasteiger charge is -2.31. The van der Waals surface area contributed by atoms with E-state index in [1.54, 1.807) is 4.90 Å². The Labute approximate surface area is 205 Å². The number of carbonyl (C=O) groups excluding carboxylic acids is 2. The van der Waals surface area contributed by atoms with E-state index < -0.39 is 6.04 Å². The fraction of sp³-hybridized carbons (Fsp3) is 0.440. The maximum absolute atomic E-state index is 13.3. The first-order valence-corrected chi connectivity index (χ1v) is 13.0. The second-order valence-electron chi connectivity index (χ2n) is 8.15. The molecule has 3 rings (SSSR count). The number of rotatable bonds is 10. The number of benzene rings is 2. The van der Waals surface area contributed by atoms with Crippen LogP contribution in [0.1, 0.15) is 50.2 Å². The summed E-state index contributed by atoms with van der Waals surface area (Å²) >= 11 is 14.0. The Kier molecular flexibility index (Phi) is 9.76. The lowest BCUT2D eigenvalue weighted by molar-refractivity contribution is -0.139. The minimum atomic E-state index is -0.522. The molecular weight excluding hydrogens is 463 g/mol. The summed E-state index contributed by atoms with van der Waals surface area (Å²) in [6.45, 7) is 2.26. The van der Waals surface area contributed by atoms with Crippen LogP contribution in [0.15, 0.2) is 48.5 Å². The molecule has 0 heterocycles. The van der Waals surface area contributed by atoms with E-state index in [2.05, 4.69) is 5.32 Å². The van der Waals surface area contributed by atoms with Gasteiger partial charge in [-0.15, -0.1) is 11.8 Å². The van der Waals surface area contributed by atoms with Gasteiger partial charge in [-0.2, -0.15) is 0 Å². The van der Waals surface area contributed by atoms with Crippen molar-refractivity contribution in [2.45, 2.75) is 63.4 Å². The van der Waals surface area contributed by atoms with Crippen LogP contribution < -0.4 is 5.32 Å². The van der Waals surface area contributed by atoms with Crippen molar-refractivity contribution >= 4 is 46.8 Å². The van der Waals surface area contributed by atoms with Crippen molar-refractivity contribution in [1.29, 1.82) is 0 Å². The molecule has 2 amide bonds. The van der Waals surface area contributed by atoms with Gasteiger partial charge in [-0.05, 0) is 48.6 Å². The largest absolute Gasteiger partial charge is 0.352 e. The quantitative estimate of drug-likeness (QED) is 0.436. The monoisotopic (exact) mass is 492 g/mol. The first kappa shape index (κ1) is 24.9. The first-order valence-electron chi connectivity index (χ1n) is 11.1. The first-order chi connectivity index (χ1) is 15.5. The van der Waals surface area contributed by atoms with Gasteiger partial charge in [0.1, 0.15) is 6.04 Å². The molecule has 7 heteroatoms. The molecule has 1 aliphatic carbocycles. The average Bonchev–Trinajstić information content (AvgIpc) is 3.28. The fourth-order valence-corrected chi connectivity index (χ4v) is 5.33. The van der Waals surface area contributed by atoms with Crippen LogP contribution in [0.25, 0.3) is 0 Å². The van der Waals surface area contributed by atoms with E-state index in [-0.39, 0.29) is 23.6 Å². The molecule has 1 unspecified atom stereocenters. The van der Waals surface area contributed by atoms with Crippen molar-refractivity contribution in [3.63, 3.8) is 0 Å². The maximum Gasteiger partial charge on any atom is 0.243 e. The summed E-state index contributed by atoms with van der Waals surface area (Å²) in [5.74, 6) is 0.826. The maximum atomic E-state index is 13.3. The second kappa shape index (κ2) is 12.5. The lowest BCUT2D eigenvalue weighted by Crippen LogP contribution is -2.51. The van der Waals surface area contributed by atoms with Gasteiger partial charge in [0, 0.05) is 28.4 Å². The molecule has 1 saturated carbocycles. The molecule has 1 fully saturated rings. The highest BCUT2D eigenvalue weighted by Crippen LogP contribution is 2.23. The van der Waals surface area contributed by atoms with Gasteiger partial charge >= 0.3 is 0 Å². The third-order valence-corrected chi connectivity index (χ3v) is 7.36. The number of nitrogens with one attached hydrogen (secondary N) is 1. The number of halogens is 2. The fourth-order valence-electron chi connectivity index (χ4n) is 4.06. The summed E-state index contributed by atoms with van der Waals surface area (Å²) in [5, 5.41) is 4.45. The molecule has 1 atom stereocenters. The number of hydrogen-bond acceptors (Lipinski definition) is 3. The number of carbonyl (C=O) groups is 2. The zero-order valence-electron chi connectivity index (χ0n) is 18.4. The molecule has 1 aliphatic rings. The summed E-state index contributed by atoms with van der Waals surface area (Å²) in [6, 6.07) is 14.8. The van der Waals surface area contributed by atoms with Crippen molar-refractivity contribution in [3.05, 3.63) is 69.7 Å². The Morgan fingerprint density at radius 1 is 1.12 bits per heavy atom. The third-order valence-electron chi connectivity index (χ3n) is 5.77. The molecule has 0 radical (unpaired) electrons. The van der Waals surface area contributed by atoms with E-state index in [1.165, 1.54) is 11.8 Å². The number of hydrogen-bond donors (Lipinski definition) is 1. The Morgan fingerprint density at radius 2 is 1.88 bits per heavy atom. The SMILES string of the molecule is CCC(C(=O)NC1CCCC1)N(Cc1ccccc1Cl)C(=O)CSCc1cccc(Cl)c1. The van der Waals surface area contributed by atoms with Crippen molar-refractivity contribution < 1.29 is 9.59 Å². The highest BCUT2D eigenvalue weighted by atomic mass is 35.5. The van der Waals surface area contributed by atoms with Gasteiger partial charge in [-0.3, -0.25) is 9.59 Å². The molecule has 0 saturated heterocycles. The predicted octanol–water partition coefficient (Wildman–Crippen LogP) is 6.09. The molecule has 32 heavy (non-hydrogen) atoms. The zero-order valence-corrected chi connectivity index (χ0v) is 20.7. The van der Waals surface area contributed by atoms with Gasteiger partial charge < -0.3 is 10.2 Å². The van der Waals surface area contributed by atoms with Gasteiger partial charge in [0.2, 0.25) is 11.8 Å². The van der Waals surface area contributed by atoms with Crippen molar-refractivity contribution in [2.75, 3.05) is 5.75 Å². The zero-order chi connectivity index (χ0) is 22.9. The Morgan fingerprint density at radius 3 is 2.56 bits per heavy atom. The molecule has 2 aromatic rings. The van der Waals surface area contributed by atoms with Crippen LogP contribution in [0, 0.1) is 0 Å². The van der Waals surface area contributed by atoms with E-state index >= 15 is 0 Å². The summed E-state index contributed by atoms with van der Waals surface area (Å²) in [5.41, 5.74) is 1.91. The average molecular weight is 494 g/mol. The van der Waals surface area contributed by atoms with Crippen molar-refractivity contribution in [3.8, 4) is 0 Å². The van der Waals surface area contributed by atoms with Crippen LogP contribution >= 0.6 is 35.0 Å². The number of amides is 2. The van der Waals surface area contributed by atoms with E-state index in [0.717, 1.165) is 36.8 Å². The van der Waals surface area contributed by atoms with Gasteiger partial charge in [-0.1, -0.05) is 73.3 Å². The Balaban J connectivity index is 1.71. The topological polar surface area (TPSA) is 49.4 Å². The van der Waals surface area contributed by atoms with Gasteiger partial charge in [-0.25, -0.2) is 0 Å². The highest BCUT2D eigenvalue weighted by molar-refractivity contribution is 7.99. The van der Waals surface area contributed by atoms with Crippen LogP contribution in [0.4, 0.5) is 0 Å². The minimum Gasteiger partial charge on any atom is -0.352 e. The van der Waals surface area contributed by atoms with Gasteiger partial charge in [0.25, 0.3) is 0 Å². The highest BCUT2D eigenvalue weighted by Gasteiger charge is 2.30. The number of nitrogens with zero attached hydrogens (tertiary/aromatic N) is 1. The molecule has 2 aromatic carbocycles. The van der Waals surface area contributed by atoms with E-state index in [1.807, 2.05) is 55.5 Å². The van der Waals surface area contributed by atoms with Crippen LogP contribution in [0.5, 0.6) is 0 Å². The Hall–Kier alpha value is -1.69. The Bertz CT molecular complexity index is 918. The molecule has 1 N–H and O–H groups in total. The summed E-state index contributed by atoms with van der Waals surface area (Å²) in [7, 11) is 0. The minimum absolute atomic E-state index is 0.0645. The van der Waals surface area contributed by atoms with Crippen LogP contribution in [-0.4, -0.2) is 34.6 Å². The van der Waals surface area contributed by atoms with E-state index in [0.29, 0.717) is 28.8 Å². The molecule has 0 aliphatic heterocycles. The van der Waals surface area contributed by atoms with Gasteiger partial charge in [0.15, 0.2) is 0 Å². The second-order valence-corrected chi connectivity index (χ2v) is 9.98. The van der Waals surface area contributed by atoms with E-state index in [9.17, 15) is 9.59 Å². The van der Waals surface area contributed by atoms with Gasteiger partial charge in [0.05, 0.1) is 5.75 Å². The number of thioether (sulfide) groups is 1. The summed E-state index contributed by atoms with van der Waals surface area (Å²) in [6.07, 6.45) is 4.86. The lowest BCUT2D eigenvalue weighted by atomic mass is 10.1. The van der Waals surface area contributed by atoms with Crippen molar-refractivity contribution in [1.82, 2.24) is 10.2 Å².